The van der Waals surface area contributed by atoms with Gasteiger partial charge in [-0.15, -0.1) is 0 Å². The monoisotopic (exact) mass is 458 g/mol. The standard InChI is InChI=1S/C26H23ClN4O2/c1-18-11-13-20(14-12-18)25-21(17-31(30-25)23-8-4-3-5-9-23)16-28-29-26(32)19(2)33-24-10-6-7-22(27)15-24/h3-17,19H,1-2H3,(H,29,32)/b28-16-/t19-/m0/s1. The predicted molar refractivity (Wildman–Crippen MR) is 131 cm³/mol. The number of aryl methyl sites for hydroxylation is 1. The summed E-state index contributed by atoms with van der Waals surface area (Å²) in [5.74, 6) is 0.137. The van der Waals surface area contributed by atoms with E-state index in [1.807, 2.05) is 67.7 Å². The van der Waals surface area contributed by atoms with Crippen molar-refractivity contribution in [2.45, 2.75) is 20.0 Å². The van der Waals surface area contributed by atoms with Gasteiger partial charge in [-0.25, -0.2) is 10.1 Å². The van der Waals surface area contributed by atoms with E-state index in [1.165, 1.54) is 0 Å². The van der Waals surface area contributed by atoms with Crippen molar-refractivity contribution in [1.29, 1.82) is 0 Å². The van der Waals surface area contributed by atoms with Crippen LogP contribution in [0.2, 0.25) is 5.02 Å². The van der Waals surface area contributed by atoms with Crippen LogP contribution in [-0.2, 0) is 4.79 Å². The molecule has 0 aliphatic rings. The highest BCUT2D eigenvalue weighted by molar-refractivity contribution is 6.30. The number of para-hydroxylation sites is 1. The van der Waals surface area contributed by atoms with E-state index in [2.05, 4.69) is 10.5 Å². The van der Waals surface area contributed by atoms with E-state index in [0.717, 1.165) is 28.1 Å². The van der Waals surface area contributed by atoms with Crippen molar-refractivity contribution < 1.29 is 9.53 Å². The molecule has 1 atom stereocenters. The van der Waals surface area contributed by atoms with E-state index < -0.39 is 6.10 Å². The summed E-state index contributed by atoms with van der Waals surface area (Å²) in [6.07, 6.45) is 2.72. The van der Waals surface area contributed by atoms with Gasteiger partial charge < -0.3 is 4.74 Å². The Morgan fingerprint density at radius 3 is 2.58 bits per heavy atom. The summed E-state index contributed by atoms with van der Waals surface area (Å²) >= 11 is 5.97. The molecule has 0 aliphatic heterocycles. The maximum atomic E-state index is 12.4. The number of carbonyl (C=O) groups is 1. The van der Waals surface area contributed by atoms with Gasteiger partial charge in [-0.3, -0.25) is 4.79 Å². The van der Waals surface area contributed by atoms with E-state index >= 15 is 0 Å². The highest BCUT2D eigenvalue weighted by atomic mass is 35.5. The molecule has 4 aromatic rings. The molecule has 0 aliphatic carbocycles. The Bertz CT molecular complexity index is 1270. The van der Waals surface area contributed by atoms with E-state index in [9.17, 15) is 4.79 Å². The van der Waals surface area contributed by atoms with Crippen molar-refractivity contribution in [2.24, 2.45) is 5.10 Å². The first-order valence-corrected chi connectivity index (χ1v) is 10.8. The number of rotatable bonds is 7. The number of hydrogen-bond acceptors (Lipinski definition) is 4. The summed E-state index contributed by atoms with van der Waals surface area (Å²) in [5, 5.41) is 9.44. The second-order valence-electron chi connectivity index (χ2n) is 7.53. The lowest BCUT2D eigenvalue weighted by Gasteiger charge is -2.12. The Kier molecular flexibility index (Phi) is 6.86. The normalized spacial score (nSPS) is 12.0. The van der Waals surface area contributed by atoms with Gasteiger partial charge in [0.15, 0.2) is 6.10 Å². The molecule has 0 saturated carbocycles. The first kappa shape index (κ1) is 22.3. The molecule has 0 bridgehead atoms. The van der Waals surface area contributed by atoms with Crippen molar-refractivity contribution in [3.63, 3.8) is 0 Å². The maximum Gasteiger partial charge on any atom is 0.280 e. The van der Waals surface area contributed by atoms with Crippen LogP contribution in [-0.4, -0.2) is 28.0 Å². The van der Waals surface area contributed by atoms with Gasteiger partial charge in [0, 0.05) is 22.3 Å². The molecule has 33 heavy (non-hydrogen) atoms. The number of nitrogens with zero attached hydrogens (tertiary/aromatic N) is 3. The molecule has 0 saturated heterocycles. The minimum Gasteiger partial charge on any atom is -0.481 e. The Morgan fingerprint density at radius 2 is 1.85 bits per heavy atom. The highest BCUT2D eigenvalue weighted by Gasteiger charge is 2.15. The third kappa shape index (κ3) is 5.67. The highest BCUT2D eigenvalue weighted by Crippen LogP contribution is 2.23. The summed E-state index contributed by atoms with van der Waals surface area (Å²) in [7, 11) is 0. The molecule has 1 amide bonds. The van der Waals surface area contributed by atoms with Crippen LogP contribution in [0.25, 0.3) is 16.9 Å². The molecule has 1 aromatic heterocycles. The molecular formula is C26H23ClN4O2. The zero-order valence-electron chi connectivity index (χ0n) is 18.3. The van der Waals surface area contributed by atoms with Crippen molar-refractivity contribution in [3.8, 4) is 22.7 Å². The molecule has 0 spiro atoms. The lowest BCUT2D eigenvalue weighted by Crippen LogP contribution is -2.33. The minimum atomic E-state index is -0.746. The first-order chi connectivity index (χ1) is 16.0. The molecule has 0 radical (unpaired) electrons. The Morgan fingerprint density at radius 1 is 1.09 bits per heavy atom. The molecular weight excluding hydrogens is 436 g/mol. The zero-order chi connectivity index (χ0) is 23.2. The van der Waals surface area contributed by atoms with Crippen LogP contribution in [0.4, 0.5) is 0 Å². The van der Waals surface area contributed by atoms with Gasteiger partial charge in [0.2, 0.25) is 0 Å². The average molecular weight is 459 g/mol. The number of aromatic nitrogens is 2. The van der Waals surface area contributed by atoms with Gasteiger partial charge in [0.25, 0.3) is 5.91 Å². The first-order valence-electron chi connectivity index (χ1n) is 10.5. The SMILES string of the molecule is Cc1ccc(-c2nn(-c3ccccc3)cc2/C=N\NC(=O)[C@H](C)Oc2cccc(Cl)c2)cc1. The van der Waals surface area contributed by atoms with Crippen LogP contribution in [0, 0.1) is 6.92 Å². The Hall–Kier alpha value is -3.90. The van der Waals surface area contributed by atoms with Crippen LogP contribution in [0.15, 0.2) is 90.2 Å². The van der Waals surface area contributed by atoms with Crippen molar-refractivity contribution in [1.82, 2.24) is 15.2 Å². The summed E-state index contributed by atoms with van der Waals surface area (Å²) in [6, 6.07) is 24.8. The number of carbonyl (C=O) groups excluding carboxylic acids is 1. The summed E-state index contributed by atoms with van der Waals surface area (Å²) in [4.78, 5) is 12.4. The second-order valence-corrected chi connectivity index (χ2v) is 7.97. The summed E-state index contributed by atoms with van der Waals surface area (Å²) in [6.45, 7) is 3.69. The number of benzene rings is 3. The molecule has 4 rings (SSSR count). The third-order valence-electron chi connectivity index (χ3n) is 4.94. The van der Waals surface area contributed by atoms with Gasteiger partial charge in [0.1, 0.15) is 11.4 Å². The molecule has 1 heterocycles. The van der Waals surface area contributed by atoms with Crippen molar-refractivity contribution >= 4 is 23.7 Å². The van der Waals surface area contributed by atoms with Gasteiger partial charge in [-0.2, -0.15) is 10.2 Å². The molecule has 6 nitrogen and oxygen atoms in total. The number of hydrazone groups is 1. The fourth-order valence-electron chi connectivity index (χ4n) is 3.18. The lowest BCUT2D eigenvalue weighted by atomic mass is 10.1. The maximum absolute atomic E-state index is 12.4. The Balaban J connectivity index is 1.52. The smallest absolute Gasteiger partial charge is 0.280 e. The molecule has 1 N–H and O–H groups in total. The third-order valence-corrected chi connectivity index (χ3v) is 5.18. The van der Waals surface area contributed by atoms with Gasteiger partial charge in [0.05, 0.1) is 11.9 Å². The fourth-order valence-corrected chi connectivity index (χ4v) is 3.37. The number of halogens is 1. The summed E-state index contributed by atoms with van der Waals surface area (Å²) < 4.78 is 7.43. The summed E-state index contributed by atoms with van der Waals surface area (Å²) in [5.41, 5.74) is 7.12. The molecule has 3 aromatic carbocycles. The number of ether oxygens (including phenoxy) is 1. The largest absolute Gasteiger partial charge is 0.481 e. The molecule has 7 heteroatoms. The topological polar surface area (TPSA) is 68.5 Å². The van der Waals surface area contributed by atoms with Crippen LogP contribution in [0.1, 0.15) is 18.1 Å². The van der Waals surface area contributed by atoms with Crippen LogP contribution < -0.4 is 10.2 Å². The van der Waals surface area contributed by atoms with Gasteiger partial charge >= 0.3 is 0 Å². The molecule has 0 fully saturated rings. The quantitative estimate of drug-likeness (QED) is 0.297. The van der Waals surface area contributed by atoms with Crippen LogP contribution in [0.5, 0.6) is 5.75 Å². The van der Waals surface area contributed by atoms with Gasteiger partial charge in [-0.1, -0.05) is 65.7 Å². The number of nitrogens with one attached hydrogen (secondary N) is 1. The van der Waals surface area contributed by atoms with Crippen molar-refractivity contribution in [2.75, 3.05) is 0 Å². The zero-order valence-corrected chi connectivity index (χ0v) is 19.0. The van der Waals surface area contributed by atoms with Crippen LogP contribution >= 0.6 is 11.6 Å². The number of hydrogen-bond donors (Lipinski definition) is 1. The second kappa shape index (κ2) is 10.1. The van der Waals surface area contributed by atoms with E-state index in [-0.39, 0.29) is 5.91 Å². The minimum absolute atomic E-state index is 0.376. The van der Waals surface area contributed by atoms with E-state index in [1.54, 1.807) is 42.1 Å². The van der Waals surface area contributed by atoms with E-state index in [4.69, 9.17) is 21.4 Å². The van der Waals surface area contributed by atoms with E-state index in [0.29, 0.717) is 10.8 Å². The molecule has 0 unspecified atom stereocenters. The van der Waals surface area contributed by atoms with Gasteiger partial charge in [-0.05, 0) is 44.2 Å². The fraction of sp³-hybridized carbons (Fsp3) is 0.115. The predicted octanol–water partition coefficient (Wildman–Crippen LogP) is 5.42. The van der Waals surface area contributed by atoms with Crippen molar-refractivity contribution in [3.05, 3.63) is 101 Å². The average Bonchev–Trinajstić information content (AvgIpc) is 3.24. The van der Waals surface area contributed by atoms with Crippen LogP contribution in [0.3, 0.4) is 0 Å². The lowest BCUT2D eigenvalue weighted by molar-refractivity contribution is -0.127. The Labute approximate surface area is 197 Å². The number of amides is 1. The molecule has 166 valence electrons.